The van der Waals surface area contributed by atoms with Gasteiger partial charge < -0.3 is 14.3 Å². The van der Waals surface area contributed by atoms with Crippen molar-refractivity contribution in [2.45, 2.75) is 31.5 Å². The van der Waals surface area contributed by atoms with Crippen molar-refractivity contribution in [1.29, 1.82) is 0 Å². The topological polar surface area (TPSA) is 55.2 Å². The maximum atomic E-state index is 12.2. The molecule has 5 heterocycles. The first kappa shape index (κ1) is 24.3. The third kappa shape index (κ3) is 3.91. The lowest BCUT2D eigenvalue weighted by atomic mass is 9.71. The van der Waals surface area contributed by atoms with E-state index in [2.05, 4.69) is 66.2 Å². The number of fused-ring (bicyclic) bond motifs is 6. The molecule has 1 N–H and O–H groups in total. The number of aromatic nitrogens is 2. The van der Waals surface area contributed by atoms with Crippen LogP contribution < -0.4 is 4.74 Å². The molecule has 1 unspecified atom stereocenters. The highest BCUT2D eigenvalue weighted by Gasteiger charge is 2.54. The lowest BCUT2D eigenvalue weighted by Gasteiger charge is -2.58. The van der Waals surface area contributed by atoms with Crippen molar-refractivity contribution in [3.8, 4) is 5.75 Å². The van der Waals surface area contributed by atoms with Gasteiger partial charge in [-0.2, -0.15) is 0 Å². The summed E-state index contributed by atoms with van der Waals surface area (Å²) in [5.41, 5.74) is 5.21. The molecule has 39 heavy (non-hydrogen) atoms. The van der Waals surface area contributed by atoms with Gasteiger partial charge in [-0.3, -0.25) is 4.98 Å². The van der Waals surface area contributed by atoms with Gasteiger partial charge in [0.2, 0.25) is 0 Å². The van der Waals surface area contributed by atoms with Crippen molar-refractivity contribution in [3.63, 3.8) is 0 Å². The lowest BCUT2D eigenvalue weighted by molar-refractivity contribution is -0.984. The number of nitrogens with zero attached hydrogens (tertiary/aromatic N) is 3. The Kier molecular flexibility index (Phi) is 5.87. The quantitative estimate of drug-likeness (QED) is 0.157. The molecule has 3 aliphatic heterocycles. The number of rotatable bonds is 6. The summed E-state index contributed by atoms with van der Waals surface area (Å²) in [4.78, 5) is 9.56. The van der Waals surface area contributed by atoms with Gasteiger partial charge >= 0.3 is 0 Å². The van der Waals surface area contributed by atoms with Gasteiger partial charge in [-0.1, -0.05) is 42.5 Å². The van der Waals surface area contributed by atoms with E-state index in [1.54, 1.807) is 7.11 Å². The summed E-state index contributed by atoms with van der Waals surface area (Å²) in [5.74, 6) is 1.78. The van der Waals surface area contributed by atoms with Crippen molar-refractivity contribution >= 4 is 32.7 Å². The fraction of sp³-hybridized carbons (Fsp3) is 0.294. The minimum Gasteiger partial charge on any atom is -0.497 e. The number of methoxy groups -OCH3 is 1. The van der Waals surface area contributed by atoms with Crippen molar-refractivity contribution in [2.75, 3.05) is 20.2 Å². The molecular weight excluding hydrogens is 482 g/mol. The third-order valence-electron chi connectivity index (χ3n) is 9.51. The fourth-order valence-electron chi connectivity index (χ4n) is 7.53. The van der Waals surface area contributed by atoms with E-state index in [9.17, 15) is 5.11 Å². The Bertz CT molecular complexity index is 1660. The molecule has 0 spiro atoms. The third-order valence-corrected chi connectivity index (χ3v) is 9.51. The van der Waals surface area contributed by atoms with E-state index in [-0.39, 0.29) is 6.04 Å². The summed E-state index contributed by atoms with van der Waals surface area (Å²) in [6.45, 7) is 7.12. The van der Waals surface area contributed by atoms with Gasteiger partial charge in [0.05, 0.1) is 36.7 Å². The van der Waals surface area contributed by atoms with Crippen LogP contribution in [-0.4, -0.2) is 45.8 Å². The van der Waals surface area contributed by atoms with Crippen LogP contribution in [-0.2, 0) is 6.54 Å². The zero-order valence-corrected chi connectivity index (χ0v) is 22.3. The SMILES string of the molecule is C=C[C@H]1C[N+]2(Cc3c4ccccc4nc4ccccc34)CC[C@@H]1C[C@H]2[C@H](O)c1ccnc2ccc(OC)cc12. The molecule has 3 saturated heterocycles. The second kappa shape index (κ2) is 9.44. The van der Waals surface area contributed by atoms with Crippen LogP contribution in [0.4, 0.5) is 0 Å². The first-order valence-electron chi connectivity index (χ1n) is 14.0. The number of hydrogen-bond acceptors (Lipinski definition) is 4. The van der Waals surface area contributed by atoms with Crippen LogP contribution in [0.1, 0.15) is 30.1 Å². The maximum Gasteiger partial charge on any atom is 0.131 e. The molecule has 2 bridgehead atoms. The Morgan fingerprint density at radius 1 is 1.00 bits per heavy atom. The van der Waals surface area contributed by atoms with E-state index in [0.717, 1.165) is 70.2 Å². The zero-order chi connectivity index (χ0) is 26.6. The van der Waals surface area contributed by atoms with Crippen LogP contribution in [0, 0.1) is 11.8 Å². The van der Waals surface area contributed by atoms with E-state index in [1.807, 2.05) is 30.5 Å². The maximum absolute atomic E-state index is 12.2. The van der Waals surface area contributed by atoms with Gasteiger partial charge in [0, 0.05) is 46.7 Å². The van der Waals surface area contributed by atoms with E-state index in [0.29, 0.717) is 11.8 Å². The predicted molar refractivity (Wildman–Crippen MR) is 156 cm³/mol. The van der Waals surface area contributed by atoms with Gasteiger partial charge in [-0.05, 0) is 47.9 Å². The number of benzene rings is 3. The summed E-state index contributed by atoms with van der Waals surface area (Å²) < 4.78 is 6.38. The number of hydrogen-bond donors (Lipinski definition) is 1. The molecule has 2 aromatic heterocycles. The molecule has 3 fully saturated rings. The molecule has 5 nitrogen and oxygen atoms in total. The van der Waals surface area contributed by atoms with E-state index in [1.165, 1.54) is 16.3 Å². The van der Waals surface area contributed by atoms with E-state index >= 15 is 0 Å². The van der Waals surface area contributed by atoms with Crippen LogP contribution >= 0.6 is 0 Å². The molecule has 3 aromatic carbocycles. The number of aliphatic hydroxyl groups excluding tert-OH is 1. The fourth-order valence-corrected chi connectivity index (χ4v) is 7.53. The van der Waals surface area contributed by atoms with Crippen molar-refractivity contribution < 1.29 is 14.3 Å². The number of pyridine rings is 2. The van der Waals surface area contributed by atoms with Gasteiger partial charge in [0.15, 0.2) is 0 Å². The molecule has 8 rings (SSSR count). The minimum atomic E-state index is -0.615. The number of ether oxygens (including phenoxy) is 1. The average molecular weight is 517 g/mol. The molecule has 5 heteroatoms. The van der Waals surface area contributed by atoms with Crippen LogP contribution in [0.3, 0.4) is 0 Å². The molecule has 3 aliphatic rings. The monoisotopic (exact) mass is 516 g/mol. The Balaban J connectivity index is 1.39. The highest BCUT2D eigenvalue weighted by molar-refractivity contribution is 5.97. The van der Waals surface area contributed by atoms with Crippen LogP contribution in [0.5, 0.6) is 5.75 Å². The molecule has 5 atom stereocenters. The molecular formula is C34H34N3O2+. The second-order valence-electron chi connectivity index (χ2n) is 11.4. The van der Waals surface area contributed by atoms with Gasteiger partial charge in [-0.15, -0.1) is 6.58 Å². The molecule has 196 valence electrons. The molecule has 0 amide bonds. The first-order chi connectivity index (χ1) is 19.1. The van der Waals surface area contributed by atoms with Crippen LogP contribution in [0.2, 0.25) is 0 Å². The largest absolute Gasteiger partial charge is 0.497 e. The average Bonchev–Trinajstić information content (AvgIpc) is 3.00. The van der Waals surface area contributed by atoms with E-state index < -0.39 is 6.10 Å². The van der Waals surface area contributed by atoms with Crippen molar-refractivity contribution in [1.82, 2.24) is 9.97 Å². The molecule has 0 aliphatic carbocycles. The van der Waals surface area contributed by atoms with Crippen molar-refractivity contribution in [3.05, 3.63) is 103 Å². The van der Waals surface area contributed by atoms with Gasteiger partial charge in [-0.25, -0.2) is 4.98 Å². The summed E-state index contributed by atoms with van der Waals surface area (Å²) in [7, 11) is 1.68. The highest BCUT2D eigenvalue weighted by Crippen LogP contribution is 2.49. The summed E-state index contributed by atoms with van der Waals surface area (Å²) in [5, 5.41) is 15.6. The van der Waals surface area contributed by atoms with Crippen LogP contribution in [0.25, 0.3) is 32.7 Å². The summed E-state index contributed by atoms with van der Waals surface area (Å²) >= 11 is 0. The Labute approximate surface area is 229 Å². The Morgan fingerprint density at radius 3 is 2.46 bits per heavy atom. The zero-order valence-electron chi connectivity index (χ0n) is 22.3. The molecule has 5 aromatic rings. The number of para-hydroxylation sites is 2. The van der Waals surface area contributed by atoms with Gasteiger partial charge in [0.1, 0.15) is 24.4 Å². The smallest absolute Gasteiger partial charge is 0.131 e. The highest BCUT2D eigenvalue weighted by atomic mass is 16.5. The molecule has 0 saturated carbocycles. The second-order valence-corrected chi connectivity index (χ2v) is 11.4. The van der Waals surface area contributed by atoms with E-state index in [4.69, 9.17) is 9.72 Å². The first-order valence-corrected chi connectivity index (χ1v) is 14.0. The van der Waals surface area contributed by atoms with Gasteiger partial charge in [0.25, 0.3) is 0 Å². The Morgan fingerprint density at radius 2 is 1.74 bits per heavy atom. The standard InChI is InChI=1S/C34H34N3O2/c1-3-22-20-37(21-29-25-8-4-6-10-31(25)36-32-11-7-5-9-26(29)32)17-15-23(22)18-33(37)34(38)27-14-16-35-30-13-12-24(39-2)19-28(27)30/h3-14,16,19,22-23,33-34,38H,1,15,17-18,20-21H2,2H3/q+1/t22-,23+,33-,34+,37?/m0/s1. The van der Waals surface area contributed by atoms with Crippen LogP contribution in [0.15, 0.2) is 91.6 Å². The predicted octanol–water partition coefficient (Wildman–Crippen LogP) is 6.59. The normalized spacial score (nSPS) is 25.2. The summed E-state index contributed by atoms with van der Waals surface area (Å²) in [6, 6.07) is 25.0. The number of quaternary nitrogens is 1. The summed E-state index contributed by atoms with van der Waals surface area (Å²) in [6.07, 6.45) is 5.51. The minimum absolute atomic E-state index is 0.0717. The number of aliphatic hydroxyl groups is 1. The lowest BCUT2D eigenvalue weighted by Crippen LogP contribution is -2.67. The van der Waals surface area contributed by atoms with Crippen molar-refractivity contribution in [2.24, 2.45) is 11.8 Å². The number of piperidine rings is 3. The Hall–Kier alpha value is -3.80. The molecule has 0 radical (unpaired) electrons.